The molecule has 88 valence electrons. The van der Waals surface area contributed by atoms with Crippen molar-refractivity contribution >= 4 is 16.6 Å². The molecule has 0 aliphatic carbocycles. The van der Waals surface area contributed by atoms with Gasteiger partial charge in [0, 0.05) is 23.8 Å². The van der Waals surface area contributed by atoms with Gasteiger partial charge in [-0.1, -0.05) is 36.4 Å². The SMILES string of the molecule is c1ccc(CNc2ccc3ncccc3c2)cc1. The maximum Gasteiger partial charge on any atom is 0.0703 e. The molecule has 3 rings (SSSR count). The Morgan fingerprint density at radius 2 is 1.78 bits per heavy atom. The van der Waals surface area contributed by atoms with Crippen LogP contribution in [0, 0.1) is 0 Å². The first-order valence-electron chi connectivity index (χ1n) is 6.04. The molecule has 2 heteroatoms. The molecular weight excluding hydrogens is 220 g/mol. The third-order valence-corrected chi connectivity index (χ3v) is 2.94. The van der Waals surface area contributed by atoms with E-state index in [1.54, 1.807) is 0 Å². The molecular formula is C16H14N2. The third-order valence-electron chi connectivity index (χ3n) is 2.94. The molecule has 0 aliphatic rings. The van der Waals surface area contributed by atoms with Gasteiger partial charge in [0.25, 0.3) is 0 Å². The fourth-order valence-electron chi connectivity index (χ4n) is 1.99. The van der Waals surface area contributed by atoms with Crippen LogP contribution in [0.25, 0.3) is 10.9 Å². The van der Waals surface area contributed by atoms with E-state index in [1.807, 2.05) is 24.4 Å². The summed E-state index contributed by atoms with van der Waals surface area (Å²) in [6, 6.07) is 20.7. The highest BCUT2D eigenvalue weighted by Crippen LogP contribution is 2.17. The Balaban J connectivity index is 1.79. The highest BCUT2D eigenvalue weighted by molar-refractivity contribution is 5.82. The summed E-state index contributed by atoms with van der Waals surface area (Å²) in [4.78, 5) is 4.31. The predicted molar refractivity (Wildman–Crippen MR) is 75.5 cm³/mol. The molecule has 0 saturated carbocycles. The Morgan fingerprint density at radius 1 is 0.889 bits per heavy atom. The molecule has 0 amide bonds. The Labute approximate surface area is 106 Å². The molecule has 2 aromatic carbocycles. The molecule has 2 nitrogen and oxygen atoms in total. The second-order valence-electron chi connectivity index (χ2n) is 4.25. The predicted octanol–water partition coefficient (Wildman–Crippen LogP) is 3.85. The number of hydrogen-bond acceptors (Lipinski definition) is 2. The zero-order valence-corrected chi connectivity index (χ0v) is 10.0. The maximum absolute atomic E-state index is 4.31. The topological polar surface area (TPSA) is 24.9 Å². The summed E-state index contributed by atoms with van der Waals surface area (Å²) in [5.74, 6) is 0. The Kier molecular flexibility index (Phi) is 2.92. The van der Waals surface area contributed by atoms with E-state index in [4.69, 9.17) is 0 Å². The molecule has 0 bridgehead atoms. The fourth-order valence-corrected chi connectivity index (χ4v) is 1.99. The van der Waals surface area contributed by atoms with Gasteiger partial charge in [0.2, 0.25) is 0 Å². The first kappa shape index (κ1) is 10.8. The lowest BCUT2D eigenvalue weighted by atomic mass is 10.2. The van der Waals surface area contributed by atoms with Crippen molar-refractivity contribution in [3.05, 3.63) is 72.4 Å². The molecule has 1 N–H and O–H groups in total. The van der Waals surface area contributed by atoms with E-state index in [2.05, 4.69) is 52.8 Å². The van der Waals surface area contributed by atoms with Gasteiger partial charge in [-0.05, 0) is 29.8 Å². The first-order chi connectivity index (χ1) is 8.92. The van der Waals surface area contributed by atoms with Crippen LogP contribution in [0.2, 0.25) is 0 Å². The number of fused-ring (bicyclic) bond motifs is 1. The minimum atomic E-state index is 0.840. The van der Waals surface area contributed by atoms with Crippen LogP contribution in [-0.4, -0.2) is 4.98 Å². The maximum atomic E-state index is 4.31. The molecule has 1 aromatic heterocycles. The summed E-state index contributed by atoms with van der Waals surface area (Å²) in [7, 11) is 0. The second kappa shape index (κ2) is 4.88. The second-order valence-corrected chi connectivity index (χ2v) is 4.25. The molecule has 0 aliphatic heterocycles. The molecule has 1 heterocycles. The van der Waals surface area contributed by atoms with Gasteiger partial charge in [-0.25, -0.2) is 0 Å². The van der Waals surface area contributed by atoms with E-state index in [0.717, 1.165) is 23.1 Å². The third kappa shape index (κ3) is 2.33. The van der Waals surface area contributed by atoms with Gasteiger partial charge in [-0.2, -0.15) is 0 Å². The molecule has 18 heavy (non-hydrogen) atoms. The van der Waals surface area contributed by atoms with Crippen molar-refractivity contribution in [3.8, 4) is 0 Å². The number of nitrogens with one attached hydrogen (secondary N) is 1. The smallest absolute Gasteiger partial charge is 0.0703 e. The van der Waals surface area contributed by atoms with Crippen molar-refractivity contribution in [3.63, 3.8) is 0 Å². The number of benzene rings is 2. The van der Waals surface area contributed by atoms with E-state index in [1.165, 1.54) is 5.56 Å². The average Bonchev–Trinajstić information content (AvgIpc) is 2.46. The lowest BCUT2D eigenvalue weighted by molar-refractivity contribution is 1.15. The van der Waals surface area contributed by atoms with Crippen LogP contribution >= 0.6 is 0 Å². The van der Waals surface area contributed by atoms with Gasteiger partial charge in [-0.15, -0.1) is 0 Å². The number of nitrogens with zero attached hydrogens (tertiary/aromatic N) is 1. The van der Waals surface area contributed by atoms with Crippen molar-refractivity contribution in [2.75, 3.05) is 5.32 Å². The lowest BCUT2D eigenvalue weighted by Crippen LogP contribution is -1.98. The number of hydrogen-bond donors (Lipinski definition) is 1. The molecule has 0 unspecified atom stereocenters. The monoisotopic (exact) mass is 234 g/mol. The van der Waals surface area contributed by atoms with Gasteiger partial charge in [0.15, 0.2) is 0 Å². The molecule has 0 spiro atoms. The number of anilines is 1. The minimum Gasteiger partial charge on any atom is -0.381 e. The standard InChI is InChI=1S/C16H14N2/c1-2-5-13(6-3-1)12-18-15-8-9-16-14(11-15)7-4-10-17-16/h1-11,18H,12H2. The van der Waals surface area contributed by atoms with Crippen molar-refractivity contribution < 1.29 is 0 Å². The fraction of sp³-hybridized carbons (Fsp3) is 0.0625. The van der Waals surface area contributed by atoms with Crippen LogP contribution in [-0.2, 0) is 6.54 Å². The number of aromatic nitrogens is 1. The Bertz CT molecular complexity index is 647. The van der Waals surface area contributed by atoms with Gasteiger partial charge in [0.1, 0.15) is 0 Å². The van der Waals surface area contributed by atoms with E-state index < -0.39 is 0 Å². The van der Waals surface area contributed by atoms with Crippen molar-refractivity contribution in [1.82, 2.24) is 4.98 Å². The summed E-state index contributed by atoms with van der Waals surface area (Å²) in [5, 5.41) is 4.59. The van der Waals surface area contributed by atoms with Gasteiger partial charge in [0.05, 0.1) is 5.52 Å². The lowest BCUT2D eigenvalue weighted by Gasteiger charge is -2.07. The normalized spacial score (nSPS) is 10.4. The van der Waals surface area contributed by atoms with Crippen LogP contribution in [0.3, 0.4) is 0 Å². The van der Waals surface area contributed by atoms with Crippen LogP contribution in [0.15, 0.2) is 66.9 Å². The number of rotatable bonds is 3. The summed E-state index contributed by atoms with van der Waals surface area (Å²) >= 11 is 0. The zero-order valence-electron chi connectivity index (χ0n) is 10.0. The quantitative estimate of drug-likeness (QED) is 0.744. The zero-order chi connectivity index (χ0) is 12.2. The van der Waals surface area contributed by atoms with Crippen molar-refractivity contribution in [2.45, 2.75) is 6.54 Å². The van der Waals surface area contributed by atoms with Crippen LogP contribution in [0.1, 0.15) is 5.56 Å². The van der Waals surface area contributed by atoms with Gasteiger partial charge in [-0.3, -0.25) is 4.98 Å². The summed E-state index contributed by atoms with van der Waals surface area (Å²) < 4.78 is 0. The van der Waals surface area contributed by atoms with Crippen LogP contribution in [0.4, 0.5) is 5.69 Å². The molecule has 0 radical (unpaired) electrons. The van der Waals surface area contributed by atoms with Crippen molar-refractivity contribution in [2.24, 2.45) is 0 Å². The summed E-state index contributed by atoms with van der Waals surface area (Å²) in [6.07, 6.45) is 1.82. The first-order valence-corrected chi connectivity index (χ1v) is 6.04. The summed E-state index contributed by atoms with van der Waals surface area (Å²) in [5.41, 5.74) is 3.44. The highest BCUT2D eigenvalue weighted by Gasteiger charge is 1.96. The molecule has 0 saturated heterocycles. The minimum absolute atomic E-state index is 0.840. The largest absolute Gasteiger partial charge is 0.381 e. The summed E-state index contributed by atoms with van der Waals surface area (Å²) in [6.45, 7) is 0.840. The average molecular weight is 234 g/mol. The van der Waals surface area contributed by atoms with E-state index in [0.29, 0.717) is 0 Å². The van der Waals surface area contributed by atoms with Crippen LogP contribution in [0.5, 0.6) is 0 Å². The van der Waals surface area contributed by atoms with Gasteiger partial charge >= 0.3 is 0 Å². The van der Waals surface area contributed by atoms with E-state index >= 15 is 0 Å². The van der Waals surface area contributed by atoms with Gasteiger partial charge < -0.3 is 5.32 Å². The molecule has 3 aromatic rings. The van der Waals surface area contributed by atoms with Crippen molar-refractivity contribution in [1.29, 1.82) is 0 Å². The number of pyridine rings is 1. The Hall–Kier alpha value is -2.35. The highest BCUT2D eigenvalue weighted by atomic mass is 14.9. The van der Waals surface area contributed by atoms with E-state index in [9.17, 15) is 0 Å². The van der Waals surface area contributed by atoms with E-state index in [-0.39, 0.29) is 0 Å². The molecule has 0 fully saturated rings. The Morgan fingerprint density at radius 3 is 2.67 bits per heavy atom. The molecule has 0 atom stereocenters. The van der Waals surface area contributed by atoms with Crippen LogP contribution < -0.4 is 5.32 Å².